The van der Waals surface area contributed by atoms with Crippen molar-refractivity contribution in [2.24, 2.45) is 11.7 Å². The molecule has 3 N–H and O–H groups in total. The van der Waals surface area contributed by atoms with Crippen LogP contribution in [0.2, 0.25) is 0 Å². The first-order valence-electron chi connectivity index (χ1n) is 7.39. The maximum atomic E-state index is 12.9. The number of rotatable bonds is 5. The van der Waals surface area contributed by atoms with Crippen LogP contribution in [0.1, 0.15) is 19.4 Å². The quantitative estimate of drug-likeness (QED) is 0.885. The Morgan fingerprint density at radius 2 is 1.91 bits per heavy atom. The number of hydrogen-bond donors (Lipinski definition) is 2. The number of anilines is 1. The van der Waals surface area contributed by atoms with E-state index in [9.17, 15) is 14.0 Å². The third-order valence-corrected chi connectivity index (χ3v) is 3.57. The predicted octanol–water partition coefficient (Wildman–Crippen LogP) is 1.96. The lowest BCUT2D eigenvalue weighted by molar-refractivity contribution is -0.118. The van der Waals surface area contributed by atoms with Crippen LogP contribution in [0.3, 0.4) is 0 Å². The molecular weight excluding hydrogens is 297 g/mol. The number of pyridine rings is 1. The van der Waals surface area contributed by atoms with Gasteiger partial charge in [0.05, 0.1) is 12.6 Å². The number of hydrogen-bond acceptors (Lipinski definition) is 3. The van der Waals surface area contributed by atoms with E-state index in [4.69, 9.17) is 5.73 Å². The molecule has 0 saturated carbocycles. The molecule has 2 aromatic rings. The highest BCUT2D eigenvalue weighted by Gasteiger charge is 2.18. The van der Waals surface area contributed by atoms with Crippen LogP contribution in [-0.2, 0) is 11.3 Å². The van der Waals surface area contributed by atoms with Crippen molar-refractivity contribution in [3.8, 4) is 0 Å². The van der Waals surface area contributed by atoms with Crippen LogP contribution in [0.15, 0.2) is 47.4 Å². The first kappa shape index (κ1) is 16.9. The van der Waals surface area contributed by atoms with Crippen molar-refractivity contribution < 1.29 is 9.18 Å². The predicted molar refractivity (Wildman–Crippen MR) is 87.6 cm³/mol. The molecule has 0 fully saturated rings. The molecule has 0 saturated heterocycles. The summed E-state index contributed by atoms with van der Waals surface area (Å²) in [6, 6.07) is 8.43. The Hall–Kier alpha value is -2.47. The summed E-state index contributed by atoms with van der Waals surface area (Å²) < 4.78 is 14.4. The van der Waals surface area contributed by atoms with Crippen molar-refractivity contribution in [1.82, 2.24) is 4.57 Å². The van der Waals surface area contributed by atoms with E-state index < -0.39 is 11.9 Å². The topological polar surface area (TPSA) is 77.1 Å². The van der Waals surface area contributed by atoms with Crippen LogP contribution in [0.25, 0.3) is 0 Å². The first-order chi connectivity index (χ1) is 10.9. The van der Waals surface area contributed by atoms with E-state index in [0.717, 1.165) is 5.56 Å². The minimum atomic E-state index is -0.680. The summed E-state index contributed by atoms with van der Waals surface area (Å²) >= 11 is 0. The average Bonchev–Trinajstić information content (AvgIpc) is 2.52. The molecule has 0 radical (unpaired) electrons. The zero-order chi connectivity index (χ0) is 17.0. The highest BCUT2D eigenvalue weighted by molar-refractivity contribution is 5.94. The number of benzene rings is 1. The number of nitrogens with two attached hydrogens (primary N) is 1. The molecule has 0 aliphatic heterocycles. The Labute approximate surface area is 133 Å². The number of carbonyl (C=O) groups is 1. The third-order valence-electron chi connectivity index (χ3n) is 3.57. The van der Waals surface area contributed by atoms with Gasteiger partial charge in [-0.05, 0) is 35.7 Å². The summed E-state index contributed by atoms with van der Waals surface area (Å²) in [5.41, 5.74) is 6.41. The fourth-order valence-corrected chi connectivity index (χ4v) is 2.06. The van der Waals surface area contributed by atoms with E-state index in [2.05, 4.69) is 5.32 Å². The molecule has 0 aliphatic carbocycles. The summed E-state index contributed by atoms with van der Waals surface area (Å²) in [6.45, 7) is 3.96. The molecular formula is C17H20FN3O2. The summed E-state index contributed by atoms with van der Waals surface area (Å²) in [5, 5.41) is 2.57. The summed E-state index contributed by atoms with van der Waals surface area (Å²) in [5.74, 6) is -0.749. The van der Waals surface area contributed by atoms with Crippen molar-refractivity contribution in [1.29, 1.82) is 0 Å². The molecule has 122 valence electrons. The smallest absolute Gasteiger partial charge is 0.274 e. The molecule has 0 unspecified atom stereocenters. The molecule has 1 aromatic heterocycles. The number of aromatic nitrogens is 1. The lowest BCUT2D eigenvalue weighted by Crippen LogP contribution is -2.41. The monoisotopic (exact) mass is 317 g/mol. The maximum absolute atomic E-state index is 12.9. The number of halogens is 1. The Morgan fingerprint density at radius 3 is 2.52 bits per heavy atom. The summed E-state index contributed by atoms with van der Waals surface area (Å²) in [6.07, 6.45) is 1.61. The largest absolute Gasteiger partial charge is 0.320 e. The van der Waals surface area contributed by atoms with Gasteiger partial charge in [-0.3, -0.25) is 9.59 Å². The second-order valence-electron chi connectivity index (χ2n) is 5.74. The van der Waals surface area contributed by atoms with Crippen LogP contribution >= 0.6 is 0 Å². The van der Waals surface area contributed by atoms with Gasteiger partial charge in [-0.2, -0.15) is 0 Å². The van der Waals surface area contributed by atoms with Gasteiger partial charge >= 0.3 is 0 Å². The highest BCUT2D eigenvalue weighted by atomic mass is 19.1. The van der Waals surface area contributed by atoms with E-state index in [-0.39, 0.29) is 23.0 Å². The molecule has 1 amide bonds. The lowest BCUT2D eigenvalue weighted by atomic mass is 10.1. The third kappa shape index (κ3) is 4.26. The molecule has 2 rings (SSSR count). The Balaban J connectivity index is 2.19. The van der Waals surface area contributed by atoms with Crippen molar-refractivity contribution in [3.63, 3.8) is 0 Å². The minimum absolute atomic E-state index is 0.0276. The molecule has 23 heavy (non-hydrogen) atoms. The van der Waals surface area contributed by atoms with Gasteiger partial charge in [-0.15, -0.1) is 0 Å². The van der Waals surface area contributed by atoms with Gasteiger partial charge in [-0.1, -0.05) is 26.0 Å². The average molecular weight is 317 g/mol. The van der Waals surface area contributed by atoms with Gasteiger partial charge in [0.2, 0.25) is 5.91 Å². The highest BCUT2D eigenvalue weighted by Crippen LogP contribution is 2.07. The van der Waals surface area contributed by atoms with Crippen molar-refractivity contribution in [2.75, 3.05) is 5.32 Å². The molecule has 5 nitrogen and oxygen atoms in total. The van der Waals surface area contributed by atoms with Crippen LogP contribution in [-0.4, -0.2) is 16.5 Å². The zero-order valence-electron chi connectivity index (χ0n) is 13.1. The normalized spacial score (nSPS) is 12.2. The van der Waals surface area contributed by atoms with Crippen LogP contribution in [0.4, 0.5) is 10.1 Å². The Bertz CT molecular complexity index is 738. The van der Waals surface area contributed by atoms with E-state index in [1.807, 2.05) is 13.8 Å². The number of carbonyl (C=O) groups excluding carboxylic acids is 1. The number of nitrogens with one attached hydrogen (secondary N) is 1. The molecule has 0 aliphatic rings. The number of nitrogens with zero attached hydrogens (tertiary/aromatic N) is 1. The Morgan fingerprint density at radius 1 is 1.26 bits per heavy atom. The second-order valence-corrected chi connectivity index (χ2v) is 5.74. The SMILES string of the molecule is CC(C)[C@H](N)C(=O)Nc1cccn(Cc2ccc(F)cc2)c1=O. The first-order valence-corrected chi connectivity index (χ1v) is 7.39. The minimum Gasteiger partial charge on any atom is -0.320 e. The molecule has 1 aromatic carbocycles. The lowest BCUT2D eigenvalue weighted by Gasteiger charge is -2.15. The van der Waals surface area contributed by atoms with Crippen molar-refractivity contribution in [3.05, 3.63) is 64.3 Å². The Kier molecular flexibility index (Phi) is 5.28. The van der Waals surface area contributed by atoms with Gasteiger partial charge in [-0.25, -0.2) is 4.39 Å². The standard InChI is InChI=1S/C17H20FN3O2/c1-11(2)15(19)16(22)20-14-4-3-9-21(17(14)23)10-12-5-7-13(18)8-6-12/h3-9,11,15H,10,19H2,1-2H3,(H,20,22)/t15-/m0/s1. The van der Waals surface area contributed by atoms with Gasteiger partial charge in [0, 0.05) is 6.20 Å². The van der Waals surface area contributed by atoms with Gasteiger partial charge in [0.25, 0.3) is 5.56 Å². The zero-order valence-corrected chi connectivity index (χ0v) is 13.1. The molecule has 6 heteroatoms. The molecule has 1 heterocycles. The molecule has 0 spiro atoms. The summed E-state index contributed by atoms with van der Waals surface area (Å²) in [4.78, 5) is 24.4. The fourth-order valence-electron chi connectivity index (χ4n) is 2.06. The number of amides is 1. The van der Waals surface area contributed by atoms with Gasteiger partial charge < -0.3 is 15.6 Å². The van der Waals surface area contributed by atoms with Crippen molar-refractivity contribution in [2.45, 2.75) is 26.4 Å². The molecule has 1 atom stereocenters. The maximum Gasteiger partial charge on any atom is 0.274 e. The fraction of sp³-hybridized carbons (Fsp3) is 0.294. The summed E-state index contributed by atoms with van der Waals surface area (Å²) in [7, 11) is 0. The van der Waals surface area contributed by atoms with E-state index >= 15 is 0 Å². The van der Waals surface area contributed by atoms with Crippen LogP contribution in [0.5, 0.6) is 0 Å². The molecule has 0 bridgehead atoms. The van der Waals surface area contributed by atoms with Crippen LogP contribution < -0.4 is 16.6 Å². The van der Waals surface area contributed by atoms with E-state index in [1.54, 1.807) is 24.4 Å². The van der Waals surface area contributed by atoms with E-state index in [1.165, 1.54) is 22.8 Å². The van der Waals surface area contributed by atoms with E-state index in [0.29, 0.717) is 6.54 Å². The van der Waals surface area contributed by atoms with Gasteiger partial charge in [0.15, 0.2) is 0 Å². The van der Waals surface area contributed by atoms with Crippen molar-refractivity contribution >= 4 is 11.6 Å². The van der Waals surface area contributed by atoms with Gasteiger partial charge in [0.1, 0.15) is 11.5 Å². The second kappa shape index (κ2) is 7.19. The van der Waals surface area contributed by atoms with Crippen LogP contribution in [0, 0.1) is 11.7 Å².